The third-order valence-corrected chi connectivity index (χ3v) is 3.49. The molecule has 1 aromatic rings. The molecule has 0 fully saturated rings. The fourth-order valence-corrected chi connectivity index (χ4v) is 2.59. The molecule has 0 unspecified atom stereocenters. The summed E-state index contributed by atoms with van der Waals surface area (Å²) in [6, 6.07) is 0. The Bertz CT molecular complexity index is 586. The van der Waals surface area contributed by atoms with E-state index in [0.717, 1.165) is 17.0 Å². The molecular weight excluding hydrogens is 286 g/mol. The molecule has 0 spiro atoms. The van der Waals surface area contributed by atoms with Crippen LogP contribution in [0.25, 0.3) is 0 Å². The molecule has 7 nitrogen and oxygen atoms in total. The van der Waals surface area contributed by atoms with Crippen LogP contribution in [0.2, 0.25) is 0 Å². The first kappa shape index (κ1) is 16.3. The second-order valence-electron chi connectivity index (χ2n) is 6.43. The lowest BCUT2D eigenvalue weighted by molar-refractivity contribution is -0.137. The van der Waals surface area contributed by atoms with Crippen molar-refractivity contribution in [3.63, 3.8) is 0 Å². The minimum absolute atomic E-state index is 0.144. The third-order valence-electron chi connectivity index (χ3n) is 3.49. The number of aromatic nitrogens is 2. The quantitative estimate of drug-likeness (QED) is 0.920. The summed E-state index contributed by atoms with van der Waals surface area (Å²) in [6.45, 7) is 8.27. The van der Waals surface area contributed by atoms with Crippen molar-refractivity contribution in [1.29, 1.82) is 0 Å². The molecule has 0 atom stereocenters. The van der Waals surface area contributed by atoms with Crippen LogP contribution >= 0.6 is 0 Å². The molecular formula is C15H23N3O4. The van der Waals surface area contributed by atoms with Crippen LogP contribution in [0.3, 0.4) is 0 Å². The number of fused-ring (bicyclic) bond motifs is 1. The van der Waals surface area contributed by atoms with E-state index in [1.54, 1.807) is 9.58 Å². The average Bonchev–Trinajstić information content (AvgIpc) is 2.73. The molecule has 1 aliphatic heterocycles. The highest BCUT2D eigenvalue weighted by Gasteiger charge is 2.30. The van der Waals surface area contributed by atoms with Gasteiger partial charge in [-0.3, -0.25) is 9.48 Å². The lowest BCUT2D eigenvalue weighted by Gasteiger charge is -2.30. The number of nitrogens with zero attached hydrogens (tertiary/aromatic N) is 3. The van der Waals surface area contributed by atoms with Gasteiger partial charge in [-0.15, -0.1) is 0 Å². The van der Waals surface area contributed by atoms with Gasteiger partial charge in [0.2, 0.25) is 0 Å². The van der Waals surface area contributed by atoms with Crippen molar-refractivity contribution >= 4 is 12.1 Å². The first-order valence-corrected chi connectivity index (χ1v) is 7.48. The van der Waals surface area contributed by atoms with Gasteiger partial charge in [-0.1, -0.05) is 6.92 Å². The van der Waals surface area contributed by atoms with Gasteiger partial charge in [-0.2, -0.15) is 5.10 Å². The molecule has 1 aromatic heterocycles. The number of carbonyl (C=O) groups excluding carboxylic acids is 1. The van der Waals surface area contributed by atoms with Crippen molar-refractivity contribution in [2.45, 2.75) is 59.2 Å². The third kappa shape index (κ3) is 3.58. The molecule has 0 aromatic carbocycles. The molecule has 2 heterocycles. The van der Waals surface area contributed by atoms with Crippen LogP contribution < -0.4 is 0 Å². The largest absolute Gasteiger partial charge is 0.480 e. The maximum absolute atomic E-state index is 12.2. The zero-order valence-electron chi connectivity index (χ0n) is 13.5. The Hall–Kier alpha value is -2.05. The Balaban J connectivity index is 2.21. The van der Waals surface area contributed by atoms with Crippen molar-refractivity contribution in [3.05, 3.63) is 17.0 Å². The Labute approximate surface area is 129 Å². The van der Waals surface area contributed by atoms with E-state index in [1.165, 1.54) is 0 Å². The average molecular weight is 309 g/mol. The Morgan fingerprint density at radius 2 is 2.05 bits per heavy atom. The van der Waals surface area contributed by atoms with Crippen LogP contribution in [0.4, 0.5) is 4.79 Å². The van der Waals surface area contributed by atoms with E-state index < -0.39 is 11.6 Å². The maximum Gasteiger partial charge on any atom is 0.410 e. The van der Waals surface area contributed by atoms with Gasteiger partial charge in [0, 0.05) is 24.2 Å². The number of ether oxygens (including phenoxy) is 1. The lowest BCUT2D eigenvalue weighted by atomic mass is 10.0. The highest BCUT2D eigenvalue weighted by atomic mass is 16.6. The normalized spacial score (nSPS) is 14.6. The Morgan fingerprint density at radius 1 is 1.36 bits per heavy atom. The molecule has 1 amide bonds. The molecule has 22 heavy (non-hydrogen) atoms. The van der Waals surface area contributed by atoms with Gasteiger partial charge in [-0.05, 0) is 27.2 Å². The number of aryl methyl sites for hydroxylation is 1. The first-order chi connectivity index (χ1) is 10.2. The van der Waals surface area contributed by atoms with Crippen LogP contribution in [0.15, 0.2) is 0 Å². The molecule has 2 rings (SSSR count). The number of hydrogen-bond donors (Lipinski definition) is 1. The summed E-state index contributed by atoms with van der Waals surface area (Å²) in [5.41, 5.74) is 2.20. The lowest BCUT2D eigenvalue weighted by Crippen LogP contribution is -2.40. The fourth-order valence-electron chi connectivity index (χ4n) is 2.59. The van der Waals surface area contributed by atoms with Gasteiger partial charge in [-0.25, -0.2) is 4.79 Å². The van der Waals surface area contributed by atoms with Crippen molar-refractivity contribution < 1.29 is 19.4 Å². The van der Waals surface area contributed by atoms with Crippen molar-refractivity contribution in [2.24, 2.45) is 0 Å². The van der Waals surface area contributed by atoms with Crippen molar-refractivity contribution in [2.75, 3.05) is 6.54 Å². The molecule has 0 radical (unpaired) electrons. The van der Waals surface area contributed by atoms with Gasteiger partial charge in [0.25, 0.3) is 0 Å². The summed E-state index contributed by atoms with van der Waals surface area (Å²) in [5.74, 6) is -0.914. The highest BCUT2D eigenvalue weighted by molar-refractivity contribution is 5.69. The van der Waals surface area contributed by atoms with Gasteiger partial charge >= 0.3 is 12.1 Å². The van der Waals surface area contributed by atoms with Gasteiger partial charge in [0.15, 0.2) is 0 Å². The van der Waals surface area contributed by atoms with Crippen LogP contribution in [0.5, 0.6) is 0 Å². The first-order valence-electron chi connectivity index (χ1n) is 7.48. The van der Waals surface area contributed by atoms with Crippen molar-refractivity contribution in [3.8, 4) is 0 Å². The Morgan fingerprint density at radius 3 is 2.59 bits per heavy atom. The van der Waals surface area contributed by atoms with Crippen LogP contribution in [0.1, 0.15) is 44.6 Å². The fraction of sp³-hybridized carbons (Fsp3) is 0.667. The number of amides is 1. The smallest absolute Gasteiger partial charge is 0.410 e. The molecule has 7 heteroatoms. The monoisotopic (exact) mass is 309 g/mol. The minimum atomic E-state index is -0.914. The van der Waals surface area contributed by atoms with E-state index in [-0.39, 0.29) is 12.6 Å². The summed E-state index contributed by atoms with van der Waals surface area (Å²) in [7, 11) is 0. The summed E-state index contributed by atoms with van der Waals surface area (Å²) < 4.78 is 6.95. The van der Waals surface area contributed by atoms with Crippen LogP contribution in [0, 0.1) is 0 Å². The van der Waals surface area contributed by atoms with Crippen molar-refractivity contribution in [1.82, 2.24) is 14.7 Å². The zero-order chi connectivity index (χ0) is 16.5. The second kappa shape index (κ2) is 5.98. The Kier molecular flexibility index (Phi) is 4.44. The number of hydrogen-bond acceptors (Lipinski definition) is 4. The molecule has 0 saturated carbocycles. The van der Waals surface area contributed by atoms with Gasteiger partial charge < -0.3 is 14.7 Å². The predicted molar refractivity (Wildman–Crippen MR) is 79.6 cm³/mol. The SMILES string of the molecule is CCc1nn(CC(=O)O)c2c1CN(C(=O)OC(C)(C)C)CC2. The van der Waals surface area contributed by atoms with E-state index in [0.29, 0.717) is 25.9 Å². The number of rotatable bonds is 3. The van der Waals surface area contributed by atoms with Crippen LogP contribution in [-0.2, 0) is 35.5 Å². The van der Waals surface area contributed by atoms with E-state index in [1.807, 2.05) is 27.7 Å². The minimum Gasteiger partial charge on any atom is -0.480 e. The number of carboxylic acid groups (broad SMARTS) is 1. The maximum atomic E-state index is 12.2. The summed E-state index contributed by atoms with van der Waals surface area (Å²) >= 11 is 0. The van der Waals surface area contributed by atoms with E-state index >= 15 is 0 Å². The summed E-state index contributed by atoms with van der Waals surface area (Å²) in [5, 5.41) is 13.3. The zero-order valence-corrected chi connectivity index (χ0v) is 13.5. The molecule has 122 valence electrons. The topological polar surface area (TPSA) is 84.7 Å². The summed E-state index contributed by atoms with van der Waals surface area (Å²) in [6.07, 6.45) is 0.956. The van der Waals surface area contributed by atoms with E-state index in [4.69, 9.17) is 9.84 Å². The molecule has 1 aliphatic rings. The summed E-state index contributed by atoms with van der Waals surface area (Å²) in [4.78, 5) is 24.8. The number of aliphatic carboxylic acids is 1. The number of carboxylic acids is 1. The predicted octanol–water partition coefficient (Wildman–Crippen LogP) is 1.82. The molecule has 0 aliphatic carbocycles. The molecule has 0 saturated heterocycles. The second-order valence-corrected chi connectivity index (χ2v) is 6.43. The molecule has 0 bridgehead atoms. The number of carbonyl (C=O) groups is 2. The molecule has 1 N–H and O–H groups in total. The van der Waals surface area contributed by atoms with Crippen LogP contribution in [-0.4, -0.2) is 44.0 Å². The van der Waals surface area contributed by atoms with E-state index in [2.05, 4.69) is 5.10 Å². The van der Waals surface area contributed by atoms with Gasteiger partial charge in [0.1, 0.15) is 12.1 Å². The standard InChI is InChI=1S/C15H23N3O4/c1-5-11-10-8-17(14(21)22-15(2,3)4)7-6-12(10)18(16-11)9-13(19)20/h5-9H2,1-4H3,(H,19,20). The highest BCUT2D eigenvalue weighted by Crippen LogP contribution is 2.24. The van der Waals surface area contributed by atoms with Gasteiger partial charge in [0.05, 0.1) is 12.2 Å². The van der Waals surface area contributed by atoms with E-state index in [9.17, 15) is 9.59 Å².